The normalized spacial score (nSPS) is 15.1. The standard InChI is InChI=1S/C55H38N5O/c1-5-17-36(18-6-1)46-35-47(37-19-7-2-8-20-37)57-54(56-46)42-27-15-25-40(33-42)44-31-32-49-51(45-29-13-14-30-48(45)61-49)50(44)41-26-16-28-43(34-41)55-59-52(38-21-9-3-10-22-38)58-53(60-55)39-23-11-4-12-24-39/h1-14,16-24,26-35,52H,15,25H2/q-1. The lowest BCUT2D eigenvalue weighted by Gasteiger charge is -2.32. The summed E-state index contributed by atoms with van der Waals surface area (Å²) in [5.41, 5.74) is 14.0. The van der Waals surface area contributed by atoms with Crippen molar-refractivity contribution in [1.82, 2.24) is 9.97 Å². The molecule has 1 aliphatic heterocycles. The molecule has 2 aliphatic rings. The number of hydrogen-bond donors (Lipinski definition) is 0. The highest BCUT2D eigenvalue weighted by Gasteiger charge is 2.22. The van der Waals surface area contributed by atoms with Crippen LogP contribution in [-0.2, 0) is 0 Å². The number of amidine groups is 2. The zero-order valence-corrected chi connectivity index (χ0v) is 33.2. The third-order valence-corrected chi connectivity index (χ3v) is 11.4. The summed E-state index contributed by atoms with van der Waals surface area (Å²) in [4.78, 5) is 20.5. The number of para-hydroxylation sites is 1. The minimum Gasteiger partial charge on any atom is -0.456 e. The van der Waals surface area contributed by atoms with Gasteiger partial charge in [0.05, 0.1) is 23.4 Å². The van der Waals surface area contributed by atoms with Crippen molar-refractivity contribution in [2.45, 2.75) is 19.0 Å². The molecule has 0 saturated carbocycles. The molecule has 290 valence electrons. The summed E-state index contributed by atoms with van der Waals surface area (Å²) in [6, 6.07) is 64.4. The number of hydrogen-bond acceptors (Lipinski definition) is 5. The molecular weight excluding hydrogens is 747 g/mol. The highest BCUT2D eigenvalue weighted by atomic mass is 16.3. The van der Waals surface area contributed by atoms with Crippen LogP contribution in [0.1, 0.15) is 47.1 Å². The van der Waals surface area contributed by atoms with Crippen molar-refractivity contribution in [2.75, 3.05) is 0 Å². The summed E-state index contributed by atoms with van der Waals surface area (Å²) in [5, 5.41) is 7.31. The van der Waals surface area contributed by atoms with Gasteiger partial charge >= 0.3 is 0 Å². The Morgan fingerprint density at radius 2 is 1.16 bits per heavy atom. The Bertz CT molecular complexity index is 3140. The highest BCUT2D eigenvalue weighted by molar-refractivity contribution is 6.20. The predicted octanol–water partition coefficient (Wildman–Crippen LogP) is 13.9. The fourth-order valence-corrected chi connectivity index (χ4v) is 8.42. The number of rotatable bonds is 8. The van der Waals surface area contributed by atoms with Gasteiger partial charge in [-0.05, 0) is 76.6 Å². The Hall–Kier alpha value is -7.96. The average molecular weight is 785 g/mol. The van der Waals surface area contributed by atoms with E-state index in [1.165, 1.54) is 5.57 Å². The number of aliphatic imine (C=N–C) groups is 2. The average Bonchev–Trinajstić information content (AvgIpc) is 3.73. The molecule has 0 saturated heterocycles. The van der Waals surface area contributed by atoms with Gasteiger partial charge in [0.1, 0.15) is 11.2 Å². The van der Waals surface area contributed by atoms with Gasteiger partial charge in [-0.2, -0.15) is 0 Å². The Labute approximate surface area is 354 Å². The Balaban J connectivity index is 1.06. The van der Waals surface area contributed by atoms with Crippen LogP contribution in [-0.4, -0.2) is 21.6 Å². The second kappa shape index (κ2) is 15.7. The van der Waals surface area contributed by atoms with E-state index in [1.807, 2.05) is 72.8 Å². The number of fused-ring (bicyclic) bond motifs is 3. The van der Waals surface area contributed by atoms with E-state index in [1.54, 1.807) is 0 Å². The van der Waals surface area contributed by atoms with Gasteiger partial charge in [-0.1, -0.05) is 176 Å². The summed E-state index contributed by atoms with van der Waals surface area (Å²) in [5.74, 6) is 2.01. The molecule has 0 N–H and O–H groups in total. The third kappa shape index (κ3) is 7.04. The van der Waals surface area contributed by atoms with Gasteiger partial charge < -0.3 is 14.7 Å². The maximum Gasteiger partial charge on any atom is 0.160 e. The van der Waals surface area contributed by atoms with Crippen LogP contribution < -0.4 is 0 Å². The second-order valence-corrected chi connectivity index (χ2v) is 15.3. The van der Waals surface area contributed by atoms with E-state index in [-0.39, 0.29) is 0 Å². The smallest absolute Gasteiger partial charge is 0.160 e. The van der Waals surface area contributed by atoms with E-state index in [0.717, 1.165) is 96.2 Å². The zero-order chi connectivity index (χ0) is 40.5. The van der Waals surface area contributed by atoms with Crippen molar-refractivity contribution in [1.29, 1.82) is 0 Å². The molecule has 0 amide bonds. The molecule has 7 aromatic carbocycles. The predicted molar refractivity (Wildman–Crippen MR) is 249 cm³/mol. The molecule has 6 heteroatoms. The quantitative estimate of drug-likeness (QED) is 0.154. The molecule has 11 rings (SSSR count). The monoisotopic (exact) mass is 784 g/mol. The number of furan rings is 1. The van der Waals surface area contributed by atoms with Gasteiger partial charge in [-0.3, -0.25) is 4.99 Å². The van der Waals surface area contributed by atoms with Crippen molar-refractivity contribution in [3.63, 3.8) is 0 Å². The van der Waals surface area contributed by atoms with Gasteiger partial charge in [-0.25, -0.2) is 9.97 Å². The van der Waals surface area contributed by atoms with E-state index in [4.69, 9.17) is 29.7 Å². The Kier molecular flexibility index (Phi) is 9.28. The lowest BCUT2D eigenvalue weighted by Crippen LogP contribution is -2.15. The van der Waals surface area contributed by atoms with E-state index in [0.29, 0.717) is 17.5 Å². The molecule has 2 aromatic heterocycles. The Morgan fingerprint density at radius 3 is 1.89 bits per heavy atom. The van der Waals surface area contributed by atoms with Crippen molar-refractivity contribution >= 4 is 44.8 Å². The molecule has 1 unspecified atom stereocenters. The fraction of sp³-hybridized carbons (Fsp3) is 0.0545. The summed E-state index contributed by atoms with van der Waals surface area (Å²) in [7, 11) is 0. The summed E-state index contributed by atoms with van der Waals surface area (Å²) >= 11 is 0. The summed E-state index contributed by atoms with van der Waals surface area (Å²) in [6.07, 6.45) is 5.84. The van der Waals surface area contributed by atoms with Crippen molar-refractivity contribution in [3.8, 4) is 33.6 Å². The molecule has 0 spiro atoms. The van der Waals surface area contributed by atoms with Crippen molar-refractivity contribution < 1.29 is 4.42 Å². The lowest BCUT2D eigenvalue weighted by atomic mass is 9.85. The molecule has 3 heterocycles. The molecule has 6 nitrogen and oxygen atoms in total. The first-order valence-corrected chi connectivity index (χ1v) is 20.7. The summed E-state index contributed by atoms with van der Waals surface area (Å²) < 4.78 is 6.52. The number of aromatic nitrogens is 2. The van der Waals surface area contributed by atoms with Crippen LogP contribution in [0.4, 0.5) is 0 Å². The minimum atomic E-state index is -0.424. The van der Waals surface area contributed by atoms with Gasteiger partial charge in [0.15, 0.2) is 5.82 Å². The zero-order valence-electron chi connectivity index (χ0n) is 33.2. The molecular formula is C55H38N5O-. The highest BCUT2D eigenvalue weighted by Crippen LogP contribution is 2.44. The van der Waals surface area contributed by atoms with Crippen LogP contribution in [0, 0.1) is 0 Å². The maximum absolute atomic E-state index is 6.52. The molecule has 0 radical (unpaired) electrons. The van der Waals surface area contributed by atoms with Crippen LogP contribution in [0.25, 0.3) is 72.0 Å². The van der Waals surface area contributed by atoms with Crippen molar-refractivity contribution in [2.24, 2.45) is 9.98 Å². The maximum atomic E-state index is 6.52. The topological polar surface area (TPSA) is 77.7 Å². The molecule has 9 aromatic rings. The van der Waals surface area contributed by atoms with Gasteiger partial charge in [-0.15, -0.1) is 0 Å². The third-order valence-electron chi connectivity index (χ3n) is 11.4. The first-order chi connectivity index (χ1) is 30.2. The molecule has 1 aliphatic carbocycles. The van der Waals surface area contributed by atoms with E-state index in [2.05, 4.69) is 127 Å². The van der Waals surface area contributed by atoms with E-state index < -0.39 is 6.17 Å². The summed E-state index contributed by atoms with van der Waals surface area (Å²) in [6.45, 7) is 0. The van der Waals surface area contributed by atoms with Crippen LogP contribution in [0.3, 0.4) is 0 Å². The SMILES string of the molecule is C1=C(c2nc(-c3ccccc3)cc(-c3ccccc3)n2)C=C(c2ccc3oc4ccccc4c3c2-c2cccc(C3=NC(c4ccccc4)=NC(c4ccccc4)[N-]3)c2)CC1. The van der Waals surface area contributed by atoms with Crippen LogP contribution >= 0.6 is 0 Å². The van der Waals surface area contributed by atoms with Crippen molar-refractivity contribution in [3.05, 3.63) is 234 Å². The van der Waals surface area contributed by atoms with Crippen LogP contribution in [0.2, 0.25) is 0 Å². The molecule has 0 fully saturated rings. The van der Waals surface area contributed by atoms with E-state index in [9.17, 15) is 0 Å². The van der Waals surface area contributed by atoms with Gasteiger partial charge in [0, 0.05) is 33.0 Å². The fourth-order valence-electron chi connectivity index (χ4n) is 8.42. The number of allylic oxidation sites excluding steroid dienone is 4. The number of nitrogens with zero attached hydrogens (tertiary/aromatic N) is 5. The molecule has 0 bridgehead atoms. The second-order valence-electron chi connectivity index (χ2n) is 15.3. The van der Waals surface area contributed by atoms with Crippen LogP contribution in [0.5, 0.6) is 0 Å². The first kappa shape index (κ1) is 36.1. The van der Waals surface area contributed by atoms with Crippen LogP contribution in [0.15, 0.2) is 215 Å². The molecule has 61 heavy (non-hydrogen) atoms. The Morgan fingerprint density at radius 1 is 0.541 bits per heavy atom. The lowest BCUT2D eigenvalue weighted by molar-refractivity contribution is 0.669. The number of benzene rings is 7. The first-order valence-electron chi connectivity index (χ1n) is 20.7. The minimum absolute atomic E-state index is 0.424. The van der Waals surface area contributed by atoms with E-state index >= 15 is 0 Å². The largest absolute Gasteiger partial charge is 0.456 e. The molecule has 1 atom stereocenters. The van der Waals surface area contributed by atoms with Gasteiger partial charge in [0.2, 0.25) is 0 Å². The van der Waals surface area contributed by atoms with Gasteiger partial charge in [0.25, 0.3) is 0 Å².